The van der Waals surface area contributed by atoms with Crippen LogP contribution < -0.4 is 0 Å². The molecule has 0 unspecified atom stereocenters. The second-order valence-corrected chi connectivity index (χ2v) is 20.7. The molecular weight excluding hydrogens is 837 g/mol. The van der Waals surface area contributed by atoms with Crippen molar-refractivity contribution >= 4 is 69.8 Å². The van der Waals surface area contributed by atoms with Gasteiger partial charge in [-0.15, -0.1) is 0 Å². The van der Waals surface area contributed by atoms with E-state index in [1.165, 1.54) is 202 Å². The summed E-state index contributed by atoms with van der Waals surface area (Å²) in [4.78, 5) is 26.4. The van der Waals surface area contributed by atoms with Crippen molar-refractivity contribution in [2.45, 2.75) is 258 Å². The Bertz CT molecular complexity index is 1080. The zero-order valence-corrected chi connectivity index (χ0v) is 44.2. The van der Waals surface area contributed by atoms with Crippen LogP contribution in [0.3, 0.4) is 0 Å². The summed E-state index contributed by atoms with van der Waals surface area (Å²) in [7, 11) is -5.39. The van der Waals surface area contributed by atoms with Crippen LogP contribution in [-0.4, -0.2) is 124 Å². The minimum absolute atomic E-state index is 0. The predicted octanol–water partition coefficient (Wildman–Crippen LogP) is 12.5. The van der Waals surface area contributed by atoms with Gasteiger partial charge < -0.3 is 18.9 Å². The molecule has 13 heteroatoms. The molecule has 0 aliphatic carbocycles. The maximum Gasteiger partial charge on any atom is 2.00 e. The standard InChI is InChI=1S/2C24H49NO4S.Ca/c2*1-3-4-5-6-7-8-9-10-11-12-13-14-15-16-17-18-19-20-21-24(26)25(2)22-23-30(27,28)29;/h2*3-23H2,1-2H3,(H,27,28,29);/q;;+2/p-2. The summed E-state index contributed by atoms with van der Waals surface area (Å²) >= 11 is 0. The third-order valence-corrected chi connectivity index (χ3v) is 13.1. The van der Waals surface area contributed by atoms with E-state index in [2.05, 4.69) is 13.8 Å². The second-order valence-electron chi connectivity index (χ2n) is 17.7. The zero-order chi connectivity index (χ0) is 45.0. The molecule has 0 bridgehead atoms. The zero-order valence-electron chi connectivity index (χ0n) is 40.4. The molecule has 0 fully saturated rings. The molecule has 10 nitrogen and oxygen atoms in total. The Labute approximate surface area is 408 Å². The van der Waals surface area contributed by atoms with Crippen LogP contribution in [0.2, 0.25) is 0 Å². The van der Waals surface area contributed by atoms with E-state index < -0.39 is 31.7 Å². The van der Waals surface area contributed by atoms with Crippen molar-refractivity contribution in [3.63, 3.8) is 0 Å². The van der Waals surface area contributed by atoms with Crippen LogP contribution in [0.25, 0.3) is 0 Å². The van der Waals surface area contributed by atoms with Crippen LogP contribution in [0.15, 0.2) is 0 Å². The monoisotopic (exact) mass is 933 g/mol. The van der Waals surface area contributed by atoms with Crippen molar-refractivity contribution in [2.75, 3.05) is 38.7 Å². The third kappa shape index (κ3) is 56.1. The predicted molar refractivity (Wildman–Crippen MR) is 257 cm³/mol. The number of carbonyl (C=O) groups excluding carboxylic acids is 2. The van der Waals surface area contributed by atoms with Gasteiger partial charge in [0.15, 0.2) is 0 Å². The molecule has 0 rings (SSSR count). The average molecular weight is 934 g/mol. The Balaban J connectivity index is -0.00000109. The minimum Gasteiger partial charge on any atom is -0.748 e. The molecule has 0 aliphatic rings. The Kier molecular flexibility index (Phi) is 51.3. The van der Waals surface area contributed by atoms with Gasteiger partial charge in [-0.1, -0.05) is 232 Å². The molecule has 0 N–H and O–H groups in total. The third-order valence-electron chi connectivity index (χ3n) is 11.7. The van der Waals surface area contributed by atoms with Gasteiger partial charge in [0.2, 0.25) is 11.8 Å². The van der Waals surface area contributed by atoms with E-state index in [0.29, 0.717) is 12.8 Å². The van der Waals surface area contributed by atoms with Crippen molar-refractivity contribution in [1.29, 1.82) is 0 Å². The first-order valence-electron chi connectivity index (χ1n) is 25.1. The summed E-state index contributed by atoms with van der Waals surface area (Å²) in [5.74, 6) is -1.16. The van der Waals surface area contributed by atoms with Crippen molar-refractivity contribution in [3.8, 4) is 0 Å². The number of unbranched alkanes of at least 4 members (excludes halogenated alkanes) is 34. The molecule has 0 radical (unpaired) electrons. The molecule has 0 aromatic rings. The molecule has 0 atom stereocenters. The van der Waals surface area contributed by atoms with Crippen LogP contribution >= 0.6 is 0 Å². The van der Waals surface area contributed by atoms with Crippen molar-refractivity contribution in [2.24, 2.45) is 0 Å². The molecule has 0 heterocycles. The van der Waals surface area contributed by atoms with E-state index in [1.54, 1.807) is 14.1 Å². The van der Waals surface area contributed by atoms with Gasteiger partial charge in [-0.3, -0.25) is 9.59 Å². The first-order chi connectivity index (χ1) is 28.7. The van der Waals surface area contributed by atoms with E-state index in [0.717, 1.165) is 38.5 Å². The normalized spacial score (nSPS) is 11.5. The molecule has 360 valence electrons. The number of hydrogen-bond acceptors (Lipinski definition) is 8. The topological polar surface area (TPSA) is 155 Å². The molecule has 2 amide bonds. The van der Waals surface area contributed by atoms with Gasteiger partial charge in [0.25, 0.3) is 0 Å². The van der Waals surface area contributed by atoms with E-state index in [-0.39, 0.29) is 62.6 Å². The van der Waals surface area contributed by atoms with Crippen molar-refractivity contribution < 1.29 is 35.5 Å². The summed E-state index contributed by atoms with van der Waals surface area (Å²) in [6.07, 6.45) is 48.2. The van der Waals surface area contributed by atoms with Crippen LogP contribution in [0, 0.1) is 0 Å². The largest absolute Gasteiger partial charge is 2.00 e. The molecule has 0 spiro atoms. The fraction of sp³-hybridized carbons (Fsp3) is 0.958. The molecular formula is C48H96CaN2O8S2. The first kappa shape index (κ1) is 65.3. The van der Waals surface area contributed by atoms with E-state index in [4.69, 9.17) is 0 Å². The fourth-order valence-electron chi connectivity index (χ4n) is 7.48. The maximum absolute atomic E-state index is 11.9. The van der Waals surface area contributed by atoms with Crippen LogP contribution in [0.5, 0.6) is 0 Å². The van der Waals surface area contributed by atoms with Crippen LogP contribution in [0.4, 0.5) is 0 Å². The van der Waals surface area contributed by atoms with Crippen LogP contribution in [0.1, 0.15) is 258 Å². The molecule has 0 saturated carbocycles. The summed E-state index contributed by atoms with van der Waals surface area (Å²) in [5, 5.41) is 0. The van der Waals surface area contributed by atoms with Gasteiger partial charge in [-0.2, -0.15) is 0 Å². The summed E-state index contributed by atoms with van der Waals surface area (Å²) < 4.78 is 63.6. The van der Waals surface area contributed by atoms with Gasteiger partial charge in [-0.25, -0.2) is 16.8 Å². The Morgan fingerprint density at radius 2 is 0.508 bits per heavy atom. The molecule has 0 aromatic carbocycles. The van der Waals surface area contributed by atoms with Crippen molar-refractivity contribution in [3.05, 3.63) is 0 Å². The quantitative estimate of drug-likeness (QED) is 0.0332. The van der Waals surface area contributed by atoms with Gasteiger partial charge in [0, 0.05) is 40.0 Å². The second kappa shape index (κ2) is 48.0. The fourth-order valence-corrected chi connectivity index (χ4v) is 8.48. The summed E-state index contributed by atoms with van der Waals surface area (Å²) in [6.45, 7) is 4.52. The number of hydrogen-bond donors (Lipinski definition) is 0. The van der Waals surface area contributed by atoms with Gasteiger partial charge in [0.05, 0.1) is 31.7 Å². The number of amides is 2. The number of carbonyl (C=O) groups is 2. The Morgan fingerprint density at radius 1 is 0.344 bits per heavy atom. The smallest absolute Gasteiger partial charge is 0.748 e. The van der Waals surface area contributed by atoms with Crippen molar-refractivity contribution in [1.82, 2.24) is 9.80 Å². The van der Waals surface area contributed by atoms with E-state index in [9.17, 15) is 35.5 Å². The maximum atomic E-state index is 11.9. The van der Waals surface area contributed by atoms with E-state index >= 15 is 0 Å². The Hall–Kier alpha value is 0.0197. The Morgan fingerprint density at radius 3 is 0.672 bits per heavy atom. The number of nitrogens with zero attached hydrogens (tertiary/aromatic N) is 2. The van der Waals surface area contributed by atoms with Gasteiger partial charge in [0.1, 0.15) is 0 Å². The van der Waals surface area contributed by atoms with Crippen LogP contribution in [-0.2, 0) is 29.8 Å². The number of rotatable bonds is 44. The molecule has 0 aliphatic heterocycles. The SMILES string of the molecule is CCCCCCCCCCCCCCCCCCCCC(=O)N(C)CCS(=O)(=O)[O-].CCCCCCCCCCCCCCCCCCCCC(=O)N(C)CCS(=O)(=O)[O-].[Ca+2]. The first-order valence-corrected chi connectivity index (χ1v) is 28.2. The average Bonchev–Trinajstić information content (AvgIpc) is 3.20. The minimum atomic E-state index is -4.25. The summed E-state index contributed by atoms with van der Waals surface area (Å²) in [6, 6.07) is 0. The van der Waals surface area contributed by atoms with E-state index in [1.807, 2.05) is 0 Å². The molecule has 0 aromatic heterocycles. The van der Waals surface area contributed by atoms with Gasteiger partial charge >= 0.3 is 37.7 Å². The molecule has 61 heavy (non-hydrogen) atoms. The van der Waals surface area contributed by atoms with Gasteiger partial charge in [-0.05, 0) is 12.8 Å². The summed E-state index contributed by atoms with van der Waals surface area (Å²) in [5.41, 5.74) is 0. The molecule has 0 saturated heterocycles.